The number of esters is 2. The Labute approximate surface area is 150 Å². The van der Waals surface area contributed by atoms with Gasteiger partial charge in [0.05, 0.1) is 26.1 Å². The third kappa shape index (κ3) is 5.95. The fourth-order valence-electron chi connectivity index (χ4n) is 2.77. The summed E-state index contributed by atoms with van der Waals surface area (Å²) in [7, 11) is 0. The minimum Gasteiger partial charge on any atom is -0.457 e. The molecule has 2 amide bonds. The van der Waals surface area contributed by atoms with Crippen molar-refractivity contribution in [3.05, 3.63) is 0 Å². The van der Waals surface area contributed by atoms with E-state index < -0.39 is 36.4 Å². The van der Waals surface area contributed by atoms with Crippen LogP contribution in [0.5, 0.6) is 0 Å². The molecular formula is C16H24N2O8. The van der Waals surface area contributed by atoms with Crippen molar-refractivity contribution in [2.45, 2.75) is 51.1 Å². The van der Waals surface area contributed by atoms with Crippen LogP contribution in [0.15, 0.2) is 0 Å². The molecule has 146 valence electrons. The van der Waals surface area contributed by atoms with E-state index in [0.717, 1.165) is 0 Å². The van der Waals surface area contributed by atoms with Gasteiger partial charge in [-0.1, -0.05) is 0 Å². The van der Waals surface area contributed by atoms with Gasteiger partial charge in [0.25, 0.3) is 0 Å². The number of hydrogen-bond acceptors (Lipinski definition) is 8. The first-order valence-electron chi connectivity index (χ1n) is 8.48. The monoisotopic (exact) mass is 372 g/mol. The molecule has 2 N–H and O–H groups in total. The van der Waals surface area contributed by atoms with Crippen LogP contribution in [0.1, 0.15) is 26.7 Å². The molecule has 0 spiro atoms. The van der Waals surface area contributed by atoms with Gasteiger partial charge in [0.15, 0.2) is 12.2 Å². The lowest BCUT2D eigenvalue weighted by molar-refractivity contribution is -0.155. The molecule has 0 aromatic heterocycles. The maximum absolute atomic E-state index is 11.8. The molecule has 0 bridgehead atoms. The number of ether oxygens (including phenoxy) is 4. The minimum atomic E-state index is -0.576. The van der Waals surface area contributed by atoms with E-state index >= 15 is 0 Å². The van der Waals surface area contributed by atoms with E-state index in [2.05, 4.69) is 10.6 Å². The number of fused-ring (bicyclic) bond motifs is 1. The molecule has 0 aliphatic carbocycles. The Balaban J connectivity index is 1.72. The smallest absolute Gasteiger partial charge is 0.308 e. The van der Waals surface area contributed by atoms with E-state index in [4.69, 9.17) is 18.9 Å². The first kappa shape index (κ1) is 20.1. The van der Waals surface area contributed by atoms with Gasteiger partial charge >= 0.3 is 11.9 Å². The summed E-state index contributed by atoms with van der Waals surface area (Å²) < 4.78 is 21.8. The molecule has 0 saturated carbocycles. The molecular weight excluding hydrogens is 348 g/mol. The van der Waals surface area contributed by atoms with Gasteiger partial charge in [-0.2, -0.15) is 0 Å². The van der Waals surface area contributed by atoms with Crippen LogP contribution >= 0.6 is 0 Å². The van der Waals surface area contributed by atoms with Gasteiger partial charge in [-0.3, -0.25) is 19.2 Å². The summed E-state index contributed by atoms with van der Waals surface area (Å²) in [6.45, 7) is 3.44. The highest BCUT2D eigenvalue weighted by molar-refractivity contribution is 5.75. The van der Waals surface area contributed by atoms with Crippen LogP contribution in [0.3, 0.4) is 0 Å². The van der Waals surface area contributed by atoms with Crippen molar-refractivity contribution < 1.29 is 38.1 Å². The molecule has 0 aromatic carbocycles. The quantitative estimate of drug-likeness (QED) is 0.501. The zero-order valence-corrected chi connectivity index (χ0v) is 14.8. The fraction of sp³-hybridized carbons (Fsp3) is 0.750. The van der Waals surface area contributed by atoms with Crippen molar-refractivity contribution >= 4 is 23.8 Å². The minimum absolute atomic E-state index is 0.0506. The molecule has 4 atom stereocenters. The molecule has 2 heterocycles. The standard InChI is InChI=1S/C16H24N2O8/c1-9(19)17-5-3-13(21)25-11-7-23-16-12(8-24-15(11)16)26-14(22)4-6-18-10(2)20/h11-12,15-16H,3-8H2,1-2H3,(H,17,19)(H,18,20). The van der Waals surface area contributed by atoms with Gasteiger partial charge in [-0.15, -0.1) is 0 Å². The molecule has 10 heteroatoms. The lowest BCUT2D eigenvalue weighted by Gasteiger charge is -2.17. The molecule has 0 aromatic rings. The Kier molecular flexibility index (Phi) is 7.34. The second-order valence-corrected chi connectivity index (χ2v) is 6.12. The van der Waals surface area contributed by atoms with Crippen LogP contribution < -0.4 is 10.6 Å². The molecule has 2 aliphatic rings. The van der Waals surface area contributed by atoms with Crippen molar-refractivity contribution in [1.29, 1.82) is 0 Å². The molecule has 2 fully saturated rings. The van der Waals surface area contributed by atoms with Crippen molar-refractivity contribution in [3.8, 4) is 0 Å². The Morgan fingerprint density at radius 1 is 0.808 bits per heavy atom. The molecule has 26 heavy (non-hydrogen) atoms. The van der Waals surface area contributed by atoms with Crippen molar-refractivity contribution in [2.75, 3.05) is 26.3 Å². The first-order chi connectivity index (χ1) is 12.4. The Morgan fingerprint density at radius 2 is 1.19 bits per heavy atom. The summed E-state index contributed by atoms with van der Waals surface area (Å²) in [5.41, 5.74) is 0. The SMILES string of the molecule is CC(=O)NCCC(=O)OC1COC2C(OC(=O)CCNC(C)=O)COC12. The average Bonchev–Trinajstić information content (AvgIpc) is 3.10. The topological polar surface area (TPSA) is 129 Å². The van der Waals surface area contributed by atoms with Crippen molar-refractivity contribution in [1.82, 2.24) is 10.6 Å². The summed E-state index contributed by atoms with van der Waals surface area (Å²) in [5.74, 6) is -1.37. The number of carbonyl (C=O) groups excluding carboxylic acids is 4. The fourth-order valence-corrected chi connectivity index (χ4v) is 2.77. The maximum Gasteiger partial charge on any atom is 0.308 e. The maximum atomic E-state index is 11.8. The third-order valence-electron chi connectivity index (χ3n) is 3.93. The Hall–Kier alpha value is -2.20. The highest BCUT2D eigenvalue weighted by atomic mass is 16.7. The average molecular weight is 372 g/mol. The van der Waals surface area contributed by atoms with Crippen LogP contribution in [0, 0.1) is 0 Å². The normalized spacial score (nSPS) is 26.7. The van der Waals surface area contributed by atoms with Crippen LogP contribution in [0.2, 0.25) is 0 Å². The number of hydrogen-bond donors (Lipinski definition) is 2. The van der Waals surface area contributed by atoms with Gasteiger partial charge in [0, 0.05) is 26.9 Å². The van der Waals surface area contributed by atoms with Gasteiger partial charge < -0.3 is 29.6 Å². The van der Waals surface area contributed by atoms with Crippen LogP contribution in [0.25, 0.3) is 0 Å². The first-order valence-corrected chi connectivity index (χ1v) is 8.48. The zero-order valence-electron chi connectivity index (χ0n) is 14.8. The van der Waals surface area contributed by atoms with Gasteiger partial charge in [-0.05, 0) is 0 Å². The number of carbonyl (C=O) groups is 4. The van der Waals surface area contributed by atoms with Crippen LogP contribution in [-0.2, 0) is 38.1 Å². The van der Waals surface area contributed by atoms with Gasteiger partial charge in [0.2, 0.25) is 11.8 Å². The number of rotatable bonds is 8. The lowest BCUT2D eigenvalue weighted by atomic mass is 10.1. The summed E-state index contributed by atoms with van der Waals surface area (Å²) in [4.78, 5) is 45.1. The molecule has 2 aliphatic heterocycles. The molecule has 10 nitrogen and oxygen atoms in total. The molecule has 0 radical (unpaired) electrons. The van der Waals surface area contributed by atoms with Gasteiger partial charge in [0.1, 0.15) is 12.2 Å². The lowest BCUT2D eigenvalue weighted by Crippen LogP contribution is -2.36. The summed E-state index contributed by atoms with van der Waals surface area (Å²) in [6, 6.07) is 0. The van der Waals surface area contributed by atoms with E-state index in [9.17, 15) is 19.2 Å². The van der Waals surface area contributed by atoms with E-state index in [-0.39, 0.29) is 51.0 Å². The van der Waals surface area contributed by atoms with Crippen molar-refractivity contribution in [3.63, 3.8) is 0 Å². The Bertz CT molecular complexity index is 504. The Morgan fingerprint density at radius 3 is 1.54 bits per heavy atom. The second kappa shape index (κ2) is 9.48. The summed E-state index contributed by atoms with van der Waals surface area (Å²) in [5, 5.41) is 5.03. The van der Waals surface area contributed by atoms with Gasteiger partial charge in [-0.25, -0.2) is 0 Å². The van der Waals surface area contributed by atoms with E-state index in [0.29, 0.717) is 0 Å². The van der Waals surface area contributed by atoms with Crippen LogP contribution in [-0.4, -0.2) is 74.5 Å². The van der Waals surface area contributed by atoms with Crippen LogP contribution in [0.4, 0.5) is 0 Å². The molecule has 4 unspecified atom stereocenters. The zero-order chi connectivity index (χ0) is 19.1. The highest BCUT2D eigenvalue weighted by Crippen LogP contribution is 2.30. The highest BCUT2D eigenvalue weighted by Gasteiger charge is 2.51. The predicted octanol–water partition coefficient (Wildman–Crippen LogP) is -1.34. The summed E-state index contributed by atoms with van der Waals surface area (Å²) >= 11 is 0. The van der Waals surface area contributed by atoms with E-state index in [1.807, 2.05) is 0 Å². The number of nitrogens with one attached hydrogen (secondary N) is 2. The predicted molar refractivity (Wildman–Crippen MR) is 85.8 cm³/mol. The van der Waals surface area contributed by atoms with E-state index in [1.54, 1.807) is 0 Å². The number of amides is 2. The van der Waals surface area contributed by atoms with E-state index in [1.165, 1.54) is 13.8 Å². The molecule has 2 rings (SSSR count). The third-order valence-corrected chi connectivity index (χ3v) is 3.93. The second-order valence-electron chi connectivity index (χ2n) is 6.12. The molecule has 2 saturated heterocycles. The largest absolute Gasteiger partial charge is 0.457 e. The van der Waals surface area contributed by atoms with Crippen molar-refractivity contribution in [2.24, 2.45) is 0 Å². The summed E-state index contributed by atoms with van der Waals surface area (Å²) in [6.07, 6.45) is -2.04.